The van der Waals surface area contributed by atoms with Gasteiger partial charge in [0.15, 0.2) is 0 Å². The van der Waals surface area contributed by atoms with Gasteiger partial charge in [-0.15, -0.1) is 0 Å². The van der Waals surface area contributed by atoms with Crippen LogP contribution in [0.15, 0.2) is 0 Å². The van der Waals surface area contributed by atoms with Gasteiger partial charge in [0.25, 0.3) is 0 Å². The van der Waals surface area contributed by atoms with Crippen molar-refractivity contribution in [2.45, 2.75) is 52.5 Å². The Labute approximate surface area is 107 Å². The Morgan fingerprint density at radius 2 is 1.71 bits per heavy atom. The molecule has 1 aliphatic heterocycles. The fraction of sp³-hybridized carbons (Fsp3) is 1.00. The highest BCUT2D eigenvalue weighted by Crippen LogP contribution is 2.34. The zero-order valence-electron chi connectivity index (χ0n) is 11.9. The van der Waals surface area contributed by atoms with Crippen molar-refractivity contribution in [2.75, 3.05) is 19.6 Å². The van der Waals surface area contributed by atoms with Crippen molar-refractivity contribution in [1.82, 2.24) is 4.90 Å². The van der Waals surface area contributed by atoms with Crippen molar-refractivity contribution in [3.05, 3.63) is 0 Å². The Balaban J connectivity index is 1.93. The molecule has 0 bridgehead atoms. The summed E-state index contributed by atoms with van der Waals surface area (Å²) in [7, 11) is 0. The third-order valence-electron chi connectivity index (χ3n) is 5.12. The summed E-state index contributed by atoms with van der Waals surface area (Å²) in [4.78, 5) is 2.75. The maximum atomic E-state index is 5.91. The summed E-state index contributed by atoms with van der Waals surface area (Å²) < 4.78 is 0. The van der Waals surface area contributed by atoms with Crippen LogP contribution in [0.25, 0.3) is 0 Å². The van der Waals surface area contributed by atoms with Crippen molar-refractivity contribution < 1.29 is 0 Å². The summed E-state index contributed by atoms with van der Waals surface area (Å²) in [5, 5.41) is 0. The molecule has 17 heavy (non-hydrogen) atoms. The predicted octanol–water partition coefficient (Wildman–Crippen LogP) is 2.73. The summed E-state index contributed by atoms with van der Waals surface area (Å²) >= 11 is 0. The number of rotatable bonds is 2. The van der Waals surface area contributed by atoms with Crippen molar-refractivity contribution in [1.29, 1.82) is 0 Å². The van der Waals surface area contributed by atoms with Crippen LogP contribution in [0.3, 0.4) is 0 Å². The van der Waals surface area contributed by atoms with E-state index in [1.165, 1.54) is 38.8 Å². The van der Waals surface area contributed by atoms with Crippen LogP contribution in [0.5, 0.6) is 0 Å². The van der Waals surface area contributed by atoms with Crippen LogP contribution in [0.2, 0.25) is 0 Å². The molecule has 2 N–H and O–H groups in total. The maximum Gasteiger partial charge on any atom is 0.0100 e. The highest BCUT2D eigenvalue weighted by Gasteiger charge is 2.33. The molecule has 4 unspecified atom stereocenters. The fourth-order valence-electron chi connectivity index (χ4n) is 4.02. The summed E-state index contributed by atoms with van der Waals surface area (Å²) in [6.07, 6.45) is 5.61. The number of nitrogens with two attached hydrogens (primary N) is 1. The lowest BCUT2D eigenvalue weighted by atomic mass is 9.78. The second-order valence-corrected chi connectivity index (χ2v) is 6.83. The third kappa shape index (κ3) is 3.23. The van der Waals surface area contributed by atoms with Crippen LogP contribution in [-0.2, 0) is 0 Å². The molecule has 0 aromatic rings. The minimum Gasteiger partial charge on any atom is -0.330 e. The van der Waals surface area contributed by atoms with E-state index in [2.05, 4.69) is 25.7 Å². The Morgan fingerprint density at radius 3 is 2.29 bits per heavy atom. The van der Waals surface area contributed by atoms with Gasteiger partial charge in [0.05, 0.1) is 0 Å². The van der Waals surface area contributed by atoms with E-state index in [-0.39, 0.29) is 0 Å². The van der Waals surface area contributed by atoms with E-state index in [9.17, 15) is 0 Å². The number of hydrogen-bond donors (Lipinski definition) is 1. The lowest BCUT2D eigenvalue weighted by molar-refractivity contribution is 0.0499. The quantitative estimate of drug-likeness (QED) is 0.801. The molecule has 0 amide bonds. The molecule has 2 rings (SSSR count). The van der Waals surface area contributed by atoms with Crippen LogP contribution in [0.4, 0.5) is 0 Å². The molecule has 0 spiro atoms. The minimum absolute atomic E-state index is 0.733. The van der Waals surface area contributed by atoms with Crippen LogP contribution >= 0.6 is 0 Å². The Kier molecular flexibility index (Phi) is 4.48. The molecule has 1 saturated heterocycles. The number of nitrogens with zero attached hydrogens (tertiary/aromatic N) is 1. The monoisotopic (exact) mass is 238 g/mol. The Morgan fingerprint density at radius 1 is 1.06 bits per heavy atom. The molecule has 1 heterocycles. The molecule has 0 aromatic heterocycles. The van der Waals surface area contributed by atoms with E-state index >= 15 is 0 Å². The molecule has 0 aromatic carbocycles. The summed E-state index contributed by atoms with van der Waals surface area (Å²) in [6, 6.07) is 0.843. The first kappa shape index (κ1) is 13.4. The van der Waals surface area contributed by atoms with Gasteiger partial charge in [0, 0.05) is 12.6 Å². The SMILES string of the molecule is CC1CC(C)CC(N2CCC(C)C(CN)C2)C1. The first-order chi connectivity index (χ1) is 8.10. The second kappa shape index (κ2) is 5.71. The topological polar surface area (TPSA) is 29.3 Å². The van der Waals surface area contributed by atoms with E-state index in [0.717, 1.165) is 36.3 Å². The zero-order valence-corrected chi connectivity index (χ0v) is 11.9. The summed E-state index contributed by atoms with van der Waals surface area (Å²) in [5.41, 5.74) is 5.91. The molecule has 4 atom stereocenters. The van der Waals surface area contributed by atoms with Gasteiger partial charge < -0.3 is 10.6 Å². The van der Waals surface area contributed by atoms with Gasteiger partial charge in [-0.25, -0.2) is 0 Å². The molecule has 1 aliphatic carbocycles. The number of likely N-dealkylation sites (tertiary alicyclic amines) is 1. The molecule has 2 heteroatoms. The van der Waals surface area contributed by atoms with Crippen molar-refractivity contribution in [2.24, 2.45) is 29.4 Å². The lowest BCUT2D eigenvalue weighted by Gasteiger charge is -2.44. The van der Waals surface area contributed by atoms with Gasteiger partial charge in [0.1, 0.15) is 0 Å². The van der Waals surface area contributed by atoms with Crippen LogP contribution < -0.4 is 5.73 Å². The van der Waals surface area contributed by atoms with Crippen LogP contribution in [0.1, 0.15) is 46.5 Å². The van der Waals surface area contributed by atoms with E-state index < -0.39 is 0 Å². The maximum absolute atomic E-state index is 5.91. The summed E-state index contributed by atoms with van der Waals surface area (Å²) in [6.45, 7) is 10.7. The Hall–Kier alpha value is -0.0800. The van der Waals surface area contributed by atoms with Gasteiger partial charge in [-0.3, -0.25) is 0 Å². The standard InChI is InChI=1S/C15H30N2/c1-11-6-12(2)8-15(7-11)17-5-4-13(3)14(9-16)10-17/h11-15H,4-10,16H2,1-3H3. The molecule has 1 saturated carbocycles. The predicted molar refractivity (Wildman–Crippen MR) is 73.9 cm³/mol. The number of piperidine rings is 1. The summed E-state index contributed by atoms with van der Waals surface area (Å²) in [5.74, 6) is 3.39. The normalized spacial score (nSPS) is 44.8. The van der Waals surface area contributed by atoms with E-state index in [1.54, 1.807) is 0 Å². The molecular weight excluding hydrogens is 208 g/mol. The molecule has 2 nitrogen and oxygen atoms in total. The van der Waals surface area contributed by atoms with Gasteiger partial charge in [0.2, 0.25) is 0 Å². The van der Waals surface area contributed by atoms with Gasteiger partial charge in [-0.2, -0.15) is 0 Å². The van der Waals surface area contributed by atoms with E-state index in [1.807, 2.05) is 0 Å². The smallest absolute Gasteiger partial charge is 0.0100 e. The molecule has 0 radical (unpaired) electrons. The molecular formula is C15H30N2. The van der Waals surface area contributed by atoms with Gasteiger partial charge in [-0.1, -0.05) is 20.8 Å². The first-order valence-corrected chi connectivity index (χ1v) is 7.54. The fourth-order valence-corrected chi connectivity index (χ4v) is 4.02. The van der Waals surface area contributed by atoms with Crippen LogP contribution in [0, 0.1) is 23.7 Å². The average Bonchev–Trinajstić information content (AvgIpc) is 2.28. The van der Waals surface area contributed by atoms with E-state index in [4.69, 9.17) is 5.73 Å². The number of hydrogen-bond acceptors (Lipinski definition) is 2. The molecule has 100 valence electrons. The molecule has 2 aliphatic rings. The van der Waals surface area contributed by atoms with E-state index in [0.29, 0.717) is 0 Å². The minimum atomic E-state index is 0.733. The van der Waals surface area contributed by atoms with Crippen molar-refractivity contribution in [3.8, 4) is 0 Å². The zero-order chi connectivity index (χ0) is 12.4. The van der Waals surface area contributed by atoms with Crippen molar-refractivity contribution >= 4 is 0 Å². The van der Waals surface area contributed by atoms with Gasteiger partial charge in [-0.05, 0) is 62.4 Å². The largest absolute Gasteiger partial charge is 0.330 e. The second-order valence-electron chi connectivity index (χ2n) is 6.83. The van der Waals surface area contributed by atoms with Crippen molar-refractivity contribution in [3.63, 3.8) is 0 Å². The molecule has 2 fully saturated rings. The Bertz CT molecular complexity index is 231. The highest BCUT2D eigenvalue weighted by molar-refractivity contribution is 4.87. The highest BCUT2D eigenvalue weighted by atomic mass is 15.2. The van der Waals surface area contributed by atoms with Crippen LogP contribution in [-0.4, -0.2) is 30.6 Å². The first-order valence-electron chi connectivity index (χ1n) is 7.54. The third-order valence-corrected chi connectivity index (χ3v) is 5.12. The van der Waals surface area contributed by atoms with Gasteiger partial charge >= 0.3 is 0 Å². The average molecular weight is 238 g/mol. The lowest BCUT2D eigenvalue weighted by Crippen LogP contribution is -2.49.